The van der Waals surface area contributed by atoms with Crippen molar-refractivity contribution in [3.05, 3.63) is 52.6 Å². The summed E-state index contributed by atoms with van der Waals surface area (Å²) in [7, 11) is 0. The molecule has 2 rings (SSSR count). The van der Waals surface area contributed by atoms with Gasteiger partial charge in [-0.05, 0) is 18.2 Å². The van der Waals surface area contributed by atoms with Crippen molar-refractivity contribution in [2.45, 2.75) is 0 Å². The number of nitro benzene ring substituents is 1. The molecule has 0 aliphatic rings. The monoisotopic (exact) mass is 231 g/mol. The van der Waals surface area contributed by atoms with Crippen LogP contribution >= 0.6 is 0 Å². The number of aromatic hydroxyl groups is 2. The number of benzene rings is 2. The molecule has 17 heavy (non-hydrogen) atoms. The SMILES string of the molecule is O=[N+]([O-])c1ccccc1-c1ccc(O)cc1O. The second kappa shape index (κ2) is 4.13. The maximum absolute atomic E-state index is 10.8. The van der Waals surface area contributed by atoms with Gasteiger partial charge in [-0.2, -0.15) is 0 Å². The zero-order valence-electron chi connectivity index (χ0n) is 8.70. The number of nitro groups is 1. The van der Waals surface area contributed by atoms with Crippen molar-refractivity contribution < 1.29 is 15.1 Å². The molecule has 0 amide bonds. The molecule has 2 aromatic rings. The first kappa shape index (κ1) is 10.9. The van der Waals surface area contributed by atoms with Gasteiger partial charge in [0.1, 0.15) is 11.5 Å². The van der Waals surface area contributed by atoms with E-state index in [1.807, 2.05) is 0 Å². The molecule has 5 nitrogen and oxygen atoms in total. The van der Waals surface area contributed by atoms with Crippen LogP contribution in [0.15, 0.2) is 42.5 Å². The Morgan fingerprint density at radius 2 is 1.71 bits per heavy atom. The first-order valence-electron chi connectivity index (χ1n) is 4.85. The van der Waals surface area contributed by atoms with Crippen molar-refractivity contribution in [1.29, 1.82) is 0 Å². The van der Waals surface area contributed by atoms with E-state index in [1.165, 1.54) is 18.2 Å². The van der Waals surface area contributed by atoms with E-state index in [1.54, 1.807) is 18.2 Å². The highest BCUT2D eigenvalue weighted by molar-refractivity contribution is 5.78. The molecular formula is C12H9NO4. The number of phenols is 2. The van der Waals surface area contributed by atoms with Crippen molar-refractivity contribution in [3.63, 3.8) is 0 Å². The van der Waals surface area contributed by atoms with Crippen LogP contribution in [0, 0.1) is 10.1 Å². The van der Waals surface area contributed by atoms with E-state index >= 15 is 0 Å². The van der Waals surface area contributed by atoms with Crippen LogP contribution in [0.5, 0.6) is 11.5 Å². The quantitative estimate of drug-likeness (QED) is 0.614. The molecule has 0 bridgehead atoms. The van der Waals surface area contributed by atoms with Gasteiger partial charge in [0.2, 0.25) is 0 Å². The second-order valence-electron chi connectivity index (χ2n) is 3.48. The van der Waals surface area contributed by atoms with Gasteiger partial charge in [0, 0.05) is 17.7 Å². The van der Waals surface area contributed by atoms with E-state index in [2.05, 4.69) is 0 Å². The molecule has 0 fully saturated rings. The fourth-order valence-electron chi connectivity index (χ4n) is 1.61. The molecular weight excluding hydrogens is 222 g/mol. The highest BCUT2D eigenvalue weighted by Gasteiger charge is 2.16. The summed E-state index contributed by atoms with van der Waals surface area (Å²) in [6, 6.07) is 10.1. The Bertz CT molecular complexity index is 580. The Hall–Kier alpha value is -2.56. The van der Waals surface area contributed by atoms with Gasteiger partial charge in [0.25, 0.3) is 5.69 Å². The lowest BCUT2D eigenvalue weighted by atomic mass is 10.0. The van der Waals surface area contributed by atoms with Crippen molar-refractivity contribution >= 4 is 5.69 Å². The zero-order valence-corrected chi connectivity index (χ0v) is 8.70. The maximum Gasteiger partial charge on any atom is 0.277 e. The normalized spacial score (nSPS) is 10.1. The number of para-hydroxylation sites is 1. The Morgan fingerprint density at radius 1 is 1.00 bits per heavy atom. The zero-order chi connectivity index (χ0) is 12.4. The first-order valence-corrected chi connectivity index (χ1v) is 4.85. The van der Waals surface area contributed by atoms with Gasteiger partial charge in [0.15, 0.2) is 0 Å². The van der Waals surface area contributed by atoms with Crippen LogP contribution in [-0.2, 0) is 0 Å². The number of nitrogens with zero attached hydrogens (tertiary/aromatic N) is 1. The molecule has 0 aliphatic heterocycles. The van der Waals surface area contributed by atoms with E-state index in [9.17, 15) is 15.2 Å². The molecule has 0 radical (unpaired) electrons. The molecule has 0 saturated carbocycles. The molecule has 5 heteroatoms. The van der Waals surface area contributed by atoms with Crippen LogP contribution in [0.4, 0.5) is 5.69 Å². The lowest BCUT2D eigenvalue weighted by Crippen LogP contribution is -1.91. The van der Waals surface area contributed by atoms with E-state index in [0.717, 1.165) is 6.07 Å². The van der Waals surface area contributed by atoms with E-state index in [0.29, 0.717) is 11.1 Å². The van der Waals surface area contributed by atoms with Gasteiger partial charge in [-0.1, -0.05) is 12.1 Å². The average Bonchev–Trinajstić information content (AvgIpc) is 2.29. The summed E-state index contributed by atoms with van der Waals surface area (Å²) in [5, 5.41) is 29.7. The minimum atomic E-state index is -0.512. The van der Waals surface area contributed by atoms with Crippen molar-refractivity contribution in [3.8, 4) is 22.6 Å². The Morgan fingerprint density at radius 3 is 2.35 bits per heavy atom. The highest BCUT2D eigenvalue weighted by Crippen LogP contribution is 2.36. The topological polar surface area (TPSA) is 83.6 Å². The molecule has 0 spiro atoms. The number of phenolic OH excluding ortho intramolecular Hbond substituents is 2. The molecule has 86 valence electrons. The maximum atomic E-state index is 10.8. The average molecular weight is 231 g/mol. The Balaban J connectivity index is 2.64. The van der Waals surface area contributed by atoms with Crippen LogP contribution in [0.2, 0.25) is 0 Å². The van der Waals surface area contributed by atoms with E-state index in [-0.39, 0.29) is 17.2 Å². The van der Waals surface area contributed by atoms with Gasteiger partial charge in [-0.15, -0.1) is 0 Å². The third kappa shape index (κ3) is 2.03. The Labute approximate surface area is 96.7 Å². The molecule has 2 N–H and O–H groups in total. The van der Waals surface area contributed by atoms with Crippen LogP contribution in [0.25, 0.3) is 11.1 Å². The van der Waals surface area contributed by atoms with Crippen LogP contribution < -0.4 is 0 Å². The van der Waals surface area contributed by atoms with Gasteiger partial charge in [-0.3, -0.25) is 10.1 Å². The number of hydrogen-bond acceptors (Lipinski definition) is 4. The van der Waals surface area contributed by atoms with Crippen molar-refractivity contribution in [2.75, 3.05) is 0 Å². The van der Waals surface area contributed by atoms with Crippen LogP contribution in [-0.4, -0.2) is 15.1 Å². The molecule has 2 aromatic carbocycles. The standard InChI is InChI=1S/C12H9NO4/c14-8-5-6-10(12(15)7-8)9-3-1-2-4-11(9)13(16)17/h1-7,14-15H. The summed E-state index contributed by atoms with van der Waals surface area (Å²) < 4.78 is 0. The first-order chi connectivity index (χ1) is 8.09. The highest BCUT2D eigenvalue weighted by atomic mass is 16.6. The van der Waals surface area contributed by atoms with Gasteiger partial charge < -0.3 is 10.2 Å². The molecule has 0 heterocycles. The largest absolute Gasteiger partial charge is 0.508 e. The van der Waals surface area contributed by atoms with Gasteiger partial charge in [0.05, 0.1) is 10.5 Å². The minimum absolute atomic E-state index is 0.0894. The van der Waals surface area contributed by atoms with Crippen LogP contribution in [0.3, 0.4) is 0 Å². The summed E-state index contributed by atoms with van der Waals surface area (Å²) in [5.74, 6) is -0.288. The second-order valence-corrected chi connectivity index (χ2v) is 3.48. The minimum Gasteiger partial charge on any atom is -0.508 e. The van der Waals surface area contributed by atoms with E-state index in [4.69, 9.17) is 5.11 Å². The van der Waals surface area contributed by atoms with Gasteiger partial charge >= 0.3 is 0 Å². The van der Waals surface area contributed by atoms with Gasteiger partial charge in [-0.25, -0.2) is 0 Å². The lowest BCUT2D eigenvalue weighted by Gasteiger charge is -2.05. The summed E-state index contributed by atoms with van der Waals surface area (Å²) in [5.41, 5.74) is 0.540. The molecule has 0 aromatic heterocycles. The van der Waals surface area contributed by atoms with Crippen LogP contribution in [0.1, 0.15) is 0 Å². The number of rotatable bonds is 2. The number of hydrogen-bond donors (Lipinski definition) is 2. The fraction of sp³-hybridized carbons (Fsp3) is 0. The fourth-order valence-corrected chi connectivity index (χ4v) is 1.61. The third-order valence-electron chi connectivity index (χ3n) is 2.37. The van der Waals surface area contributed by atoms with Crippen molar-refractivity contribution in [2.24, 2.45) is 0 Å². The predicted octanol–water partition coefficient (Wildman–Crippen LogP) is 2.67. The summed E-state index contributed by atoms with van der Waals surface area (Å²) in [6.45, 7) is 0. The smallest absolute Gasteiger partial charge is 0.277 e. The Kier molecular flexibility index (Phi) is 2.66. The third-order valence-corrected chi connectivity index (χ3v) is 2.37. The van der Waals surface area contributed by atoms with Crippen molar-refractivity contribution in [1.82, 2.24) is 0 Å². The summed E-state index contributed by atoms with van der Waals surface area (Å²) in [6.07, 6.45) is 0. The summed E-state index contributed by atoms with van der Waals surface area (Å²) >= 11 is 0. The van der Waals surface area contributed by atoms with E-state index < -0.39 is 4.92 Å². The molecule has 0 aliphatic carbocycles. The summed E-state index contributed by atoms with van der Waals surface area (Å²) in [4.78, 5) is 10.3. The predicted molar refractivity (Wildman–Crippen MR) is 61.9 cm³/mol. The molecule has 0 saturated heterocycles. The lowest BCUT2D eigenvalue weighted by molar-refractivity contribution is -0.384. The molecule has 0 atom stereocenters. The molecule has 0 unspecified atom stereocenters.